The second-order valence-corrected chi connectivity index (χ2v) is 7.73. The molecule has 1 aromatic rings. The van der Waals surface area contributed by atoms with Crippen molar-refractivity contribution in [2.75, 3.05) is 0 Å². The van der Waals surface area contributed by atoms with Crippen LogP contribution in [0.15, 0.2) is 35.3 Å². The molecule has 0 saturated carbocycles. The average Bonchev–Trinajstić information content (AvgIpc) is 2.45. The molecule has 5 nitrogen and oxygen atoms in total. The summed E-state index contributed by atoms with van der Waals surface area (Å²) in [6.45, 7) is 8.52. The van der Waals surface area contributed by atoms with Crippen LogP contribution in [0.25, 0.3) is 0 Å². The molecule has 0 bridgehead atoms. The number of para-hydroxylation sites is 1. The van der Waals surface area contributed by atoms with Gasteiger partial charge in [0.05, 0.1) is 11.8 Å². The summed E-state index contributed by atoms with van der Waals surface area (Å²) in [6.07, 6.45) is 3.08. The molecule has 0 spiro atoms. The van der Waals surface area contributed by atoms with Gasteiger partial charge >= 0.3 is 0 Å². The molecule has 1 atom stereocenters. The lowest BCUT2D eigenvalue weighted by Gasteiger charge is -2.46. The van der Waals surface area contributed by atoms with Crippen molar-refractivity contribution in [2.24, 2.45) is 10.9 Å². The molecule has 2 N–H and O–H groups in total. The number of nitriles is 1. The molecule has 1 aliphatic heterocycles. The third-order valence-corrected chi connectivity index (χ3v) is 4.09. The summed E-state index contributed by atoms with van der Waals surface area (Å²) < 4.78 is 0. The van der Waals surface area contributed by atoms with Crippen molar-refractivity contribution in [1.82, 2.24) is 10.6 Å². The van der Waals surface area contributed by atoms with Gasteiger partial charge in [-0.15, -0.1) is 0 Å². The van der Waals surface area contributed by atoms with Crippen LogP contribution < -0.4 is 10.6 Å². The Hall–Kier alpha value is -2.19. The topological polar surface area (TPSA) is 77.3 Å². The van der Waals surface area contributed by atoms with Crippen LogP contribution in [0.4, 0.5) is 5.69 Å². The van der Waals surface area contributed by atoms with E-state index in [1.54, 1.807) is 0 Å². The Balaban J connectivity index is 2.02. The maximum Gasteiger partial charge on any atom is 0.243 e. The minimum absolute atomic E-state index is 0.0460. The molecule has 128 valence electrons. The molecule has 1 unspecified atom stereocenters. The van der Waals surface area contributed by atoms with Crippen molar-refractivity contribution in [3.8, 4) is 6.07 Å². The Morgan fingerprint density at radius 1 is 1.29 bits per heavy atom. The molecule has 0 aromatic heterocycles. The van der Waals surface area contributed by atoms with Crippen molar-refractivity contribution in [2.45, 2.75) is 57.7 Å². The molecule has 5 heteroatoms. The molecule has 2 rings (SSSR count). The fourth-order valence-electron chi connectivity index (χ4n) is 3.55. The van der Waals surface area contributed by atoms with Gasteiger partial charge in [-0.25, -0.2) is 0 Å². The molecule has 1 aliphatic rings. The lowest BCUT2D eigenvalue weighted by Crippen LogP contribution is -2.62. The van der Waals surface area contributed by atoms with E-state index < -0.39 is 5.92 Å². The van der Waals surface area contributed by atoms with Gasteiger partial charge in [-0.2, -0.15) is 5.26 Å². The van der Waals surface area contributed by atoms with E-state index in [0.29, 0.717) is 0 Å². The van der Waals surface area contributed by atoms with Crippen LogP contribution in [0.1, 0.15) is 40.5 Å². The third-order valence-electron chi connectivity index (χ3n) is 4.09. The van der Waals surface area contributed by atoms with E-state index >= 15 is 0 Å². The third kappa shape index (κ3) is 5.17. The number of rotatable bonds is 4. The minimum atomic E-state index is -0.883. The minimum Gasteiger partial charge on any atom is -0.352 e. The molecule has 1 amide bonds. The van der Waals surface area contributed by atoms with Gasteiger partial charge in [0.25, 0.3) is 0 Å². The van der Waals surface area contributed by atoms with E-state index in [0.717, 1.165) is 18.5 Å². The molecular formula is C19H26N4O. The zero-order valence-corrected chi connectivity index (χ0v) is 14.8. The first-order valence-electron chi connectivity index (χ1n) is 8.29. The van der Waals surface area contributed by atoms with Gasteiger partial charge in [0.1, 0.15) is 0 Å². The Morgan fingerprint density at radius 2 is 1.88 bits per heavy atom. The molecule has 1 fully saturated rings. The normalized spacial score (nSPS) is 21.1. The van der Waals surface area contributed by atoms with Gasteiger partial charge in [-0.3, -0.25) is 9.79 Å². The Morgan fingerprint density at radius 3 is 2.42 bits per heavy atom. The van der Waals surface area contributed by atoms with Gasteiger partial charge in [0, 0.05) is 23.3 Å². The molecule has 1 heterocycles. The van der Waals surface area contributed by atoms with Crippen molar-refractivity contribution in [1.29, 1.82) is 5.26 Å². The van der Waals surface area contributed by atoms with Crippen LogP contribution >= 0.6 is 0 Å². The van der Waals surface area contributed by atoms with Gasteiger partial charge in [-0.1, -0.05) is 18.2 Å². The Kier molecular flexibility index (Phi) is 5.40. The number of hydrogen-bond acceptors (Lipinski definition) is 4. The fraction of sp³-hybridized carbons (Fsp3) is 0.526. The maximum absolute atomic E-state index is 12.4. The standard InChI is InChI=1S/C19H26N4O/c1-18(2)10-16(11-19(3,4)23-18)22-17(24)14(12-20)13-21-15-8-6-5-7-9-15/h5-9,13-14,16,23H,10-11H2,1-4H3,(H,22,24). The number of carbonyl (C=O) groups excluding carboxylic acids is 1. The molecule has 24 heavy (non-hydrogen) atoms. The number of amides is 1. The summed E-state index contributed by atoms with van der Waals surface area (Å²) >= 11 is 0. The first-order chi connectivity index (χ1) is 11.2. The molecule has 0 radical (unpaired) electrons. The highest BCUT2D eigenvalue weighted by Crippen LogP contribution is 2.28. The van der Waals surface area contributed by atoms with E-state index in [1.165, 1.54) is 6.21 Å². The quantitative estimate of drug-likeness (QED) is 0.835. The first kappa shape index (κ1) is 18.2. The van der Waals surface area contributed by atoms with Crippen LogP contribution in [0.5, 0.6) is 0 Å². The van der Waals surface area contributed by atoms with Crippen molar-refractivity contribution >= 4 is 17.8 Å². The maximum atomic E-state index is 12.4. The Bertz CT molecular complexity index is 627. The summed E-state index contributed by atoms with van der Waals surface area (Å²) in [6, 6.07) is 11.4. The van der Waals surface area contributed by atoms with E-state index in [4.69, 9.17) is 0 Å². The van der Waals surface area contributed by atoms with Crippen molar-refractivity contribution in [3.05, 3.63) is 30.3 Å². The van der Waals surface area contributed by atoms with Crippen molar-refractivity contribution < 1.29 is 4.79 Å². The predicted octanol–water partition coefficient (Wildman–Crippen LogP) is 2.95. The zero-order valence-electron chi connectivity index (χ0n) is 14.8. The number of benzene rings is 1. The van der Waals surface area contributed by atoms with E-state index in [9.17, 15) is 10.1 Å². The molecular weight excluding hydrogens is 300 g/mol. The number of aliphatic imine (C=N–C) groups is 1. The summed E-state index contributed by atoms with van der Waals surface area (Å²) in [5.74, 6) is -1.16. The summed E-state index contributed by atoms with van der Waals surface area (Å²) in [5.41, 5.74) is 0.620. The van der Waals surface area contributed by atoms with Crippen LogP contribution in [-0.4, -0.2) is 29.2 Å². The van der Waals surface area contributed by atoms with Gasteiger partial charge < -0.3 is 10.6 Å². The highest BCUT2D eigenvalue weighted by Gasteiger charge is 2.38. The highest BCUT2D eigenvalue weighted by atomic mass is 16.1. The zero-order chi connectivity index (χ0) is 17.8. The second kappa shape index (κ2) is 7.14. The monoisotopic (exact) mass is 326 g/mol. The highest BCUT2D eigenvalue weighted by molar-refractivity contribution is 5.97. The van der Waals surface area contributed by atoms with Crippen LogP contribution in [0.3, 0.4) is 0 Å². The summed E-state index contributed by atoms with van der Waals surface area (Å²) in [5, 5.41) is 15.9. The lowest BCUT2D eigenvalue weighted by atomic mass is 9.79. The molecule has 0 aliphatic carbocycles. The van der Waals surface area contributed by atoms with E-state index in [2.05, 4.69) is 43.3 Å². The van der Waals surface area contributed by atoms with E-state index in [-0.39, 0.29) is 23.0 Å². The van der Waals surface area contributed by atoms with Crippen LogP contribution in [0.2, 0.25) is 0 Å². The van der Waals surface area contributed by atoms with Gasteiger partial charge in [0.2, 0.25) is 5.91 Å². The molecule has 1 saturated heterocycles. The van der Waals surface area contributed by atoms with Crippen LogP contribution in [-0.2, 0) is 4.79 Å². The number of carbonyl (C=O) groups is 1. The largest absolute Gasteiger partial charge is 0.352 e. The Labute approximate surface area is 144 Å². The van der Waals surface area contributed by atoms with Crippen LogP contribution in [0, 0.1) is 17.2 Å². The SMILES string of the molecule is CC1(C)CC(NC(=O)C(C#N)C=Nc2ccccc2)CC(C)(C)N1. The number of piperidine rings is 1. The smallest absolute Gasteiger partial charge is 0.243 e. The van der Waals surface area contributed by atoms with Gasteiger partial charge in [0.15, 0.2) is 5.92 Å². The average molecular weight is 326 g/mol. The number of hydrogen-bond donors (Lipinski definition) is 2. The summed E-state index contributed by atoms with van der Waals surface area (Å²) in [4.78, 5) is 16.7. The first-order valence-corrected chi connectivity index (χ1v) is 8.29. The predicted molar refractivity (Wildman–Crippen MR) is 96.2 cm³/mol. The van der Waals surface area contributed by atoms with Crippen molar-refractivity contribution in [3.63, 3.8) is 0 Å². The lowest BCUT2D eigenvalue weighted by molar-refractivity contribution is -0.122. The van der Waals surface area contributed by atoms with Gasteiger partial charge in [-0.05, 0) is 52.7 Å². The molecule has 1 aromatic carbocycles. The fourth-order valence-corrected chi connectivity index (χ4v) is 3.55. The second-order valence-electron chi connectivity index (χ2n) is 7.73. The number of nitrogens with zero attached hydrogens (tertiary/aromatic N) is 2. The summed E-state index contributed by atoms with van der Waals surface area (Å²) in [7, 11) is 0. The van der Waals surface area contributed by atoms with E-state index in [1.807, 2.05) is 36.4 Å². The number of nitrogens with one attached hydrogen (secondary N) is 2.